The highest BCUT2D eigenvalue weighted by molar-refractivity contribution is 5.59. The molecule has 0 unspecified atom stereocenters. The zero-order chi connectivity index (χ0) is 11.2. The van der Waals surface area contributed by atoms with Crippen molar-refractivity contribution in [1.82, 2.24) is 4.98 Å². The molecule has 4 rings (SSSR count). The fourth-order valence-electron chi connectivity index (χ4n) is 2.94. The third kappa shape index (κ3) is 1.22. The lowest BCUT2D eigenvalue weighted by molar-refractivity contribution is 0.828. The van der Waals surface area contributed by atoms with Crippen LogP contribution < -0.4 is 10.4 Å². The molecule has 0 atom stereocenters. The maximum atomic E-state index is 4.65. The molecule has 2 aliphatic rings. The van der Waals surface area contributed by atoms with Gasteiger partial charge in [-0.2, -0.15) is 0 Å². The number of pyridine rings is 1. The molecule has 0 amide bonds. The summed E-state index contributed by atoms with van der Waals surface area (Å²) in [6.45, 7) is 0. The Morgan fingerprint density at radius 1 is 1.06 bits per heavy atom. The van der Waals surface area contributed by atoms with Crippen molar-refractivity contribution in [3.05, 3.63) is 62.6 Å². The highest BCUT2D eigenvalue weighted by atomic mass is 14.6. The number of nitrogens with zero attached hydrogens (tertiary/aromatic N) is 1. The number of hydrogen-bond donors (Lipinski definition) is 0. The van der Waals surface area contributed by atoms with Crippen LogP contribution in [0.1, 0.15) is 24.0 Å². The summed E-state index contributed by atoms with van der Waals surface area (Å²) in [6, 6.07) is 8.54. The van der Waals surface area contributed by atoms with Crippen molar-refractivity contribution in [2.24, 2.45) is 0 Å². The van der Waals surface area contributed by atoms with Crippen LogP contribution in [0.25, 0.3) is 12.2 Å². The average molecular weight is 219 g/mol. The van der Waals surface area contributed by atoms with E-state index in [0.29, 0.717) is 0 Å². The molecule has 1 aromatic heterocycles. The molecule has 0 spiro atoms. The standard InChI is InChI=1S/C16H13N/c1-4-8-14-11(5-1)9-15-13-7-3-2-6-12(13)10-17-16(14)15/h1,4-6,8-10H,2-3,7H2. The van der Waals surface area contributed by atoms with E-state index >= 15 is 0 Å². The summed E-state index contributed by atoms with van der Waals surface area (Å²) >= 11 is 0. The van der Waals surface area contributed by atoms with Gasteiger partial charge in [0.25, 0.3) is 0 Å². The molecule has 0 bridgehead atoms. The van der Waals surface area contributed by atoms with Gasteiger partial charge in [0, 0.05) is 17.0 Å². The quantitative estimate of drug-likeness (QED) is 0.560. The third-order valence-corrected chi connectivity index (χ3v) is 3.77. The summed E-state index contributed by atoms with van der Waals surface area (Å²) in [5, 5.41) is 5.12. The average Bonchev–Trinajstić information content (AvgIpc) is 2.78. The van der Waals surface area contributed by atoms with Gasteiger partial charge in [0.05, 0.1) is 5.35 Å². The highest BCUT2D eigenvalue weighted by Gasteiger charge is 2.11. The van der Waals surface area contributed by atoms with Crippen LogP contribution in [0.5, 0.6) is 0 Å². The van der Waals surface area contributed by atoms with E-state index in [2.05, 4.69) is 41.4 Å². The van der Waals surface area contributed by atoms with Crippen LogP contribution in [0.2, 0.25) is 0 Å². The number of benzene rings is 1. The van der Waals surface area contributed by atoms with Crippen LogP contribution in [0.15, 0.2) is 30.5 Å². The molecule has 17 heavy (non-hydrogen) atoms. The van der Waals surface area contributed by atoms with E-state index in [-0.39, 0.29) is 0 Å². The van der Waals surface area contributed by atoms with Gasteiger partial charge < -0.3 is 0 Å². The first-order chi connectivity index (χ1) is 8.43. The van der Waals surface area contributed by atoms with Crippen molar-refractivity contribution >= 4 is 12.2 Å². The Balaban J connectivity index is 2.25. The smallest absolute Gasteiger partial charge is 0.0783 e. The number of fused-ring (bicyclic) bond motifs is 4. The fourth-order valence-corrected chi connectivity index (χ4v) is 2.94. The number of aromatic nitrogens is 1. The van der Waals surface area contributed by atoms with Crippen LogP contribution in [0, 0.1) is 10.6 Å². The first kappa shape index (κ1) is 9.17. The maximum absolute atomic E-state index is 4.65. The number of hydrogen-bond acceptors (Lipinski definition) is 1. The molecule has 2 aromatic rings. The van der Waals surface area contributed by atoms with Gasteiger partial charge in [-0.25, -0.2) is 0 Å². The van der Waals surface area contributed by atoms with Crippen molar-refractivity contribution in [1.29, 1.82) is 0 Å². The zero-order valence-corrected chi connectivity index (χ0v) is 9.61. The molecule has 1 nitrogen and oxygen atoms in total. The van der Waals surface area contributed by atoms with Crippen molar-refractivity contribution in [2.45, 2.75) is 19.3 Å². The Bertz CT molecular complexity index is 816. The van der Waals surface area contributed by atoms with Gasteiger partial charge in [0.2, 0.25) is 0 Å². The molecule has 82 valence electrons. The molecule has 0 aliphatic heterocycles. The summed E-state index contributed by atoms with van der Waals surface area (Å²) in [4.78, 5) is 4.65. The molecule has 0 saturated carbocycles. The minimum Gasteiger partial charge on any atom is -0.255 e. The van der Waals surface area contributed by atoms with Crippen LogP contribution in [0.3, 0.4) is 0 Å². The van der Waals surface area contributed by atoms with Crippen LogP contribution >= 0.6 is 0 Å². The summed E-state index contributed by atoms with van der Waals surface area (Å²) in [6.07, 6.45) is 10.3. The molecule has 1 heterocycles. The predicted octanol–water partition coefficient (Wildman–Crippen LogP) is 1.63. The summed E-state index contributed by atoms with van der Waals surface area (Å²) in [7, 11) is 0. The fraction of sp³-hybridized carbons (Fsp3) is 0.188. The minimum absolute atomic E-state index is 1.18. The topological polar surface area (TPSA) is 12.9 Å². The molecule has 1 aromatic carbocycles. The highest BCUT2D eigenvalue weighted by Crippen LogP contribution is 2.16. The lowest BCUT2D eigenvalue weighted by Crippen LogP contribution is -2.16. The van der Waals surface area contributed by atoms with E-state index in [0.717, 1.165) is 0 Å². The molecule has 0 fully saturated rings. The van der Waals surface area contributed by atoms with Crippen molar-refractivity contribution in [2.75, 3.05) is 0 Å². The molecule has 0 radical (unpaired) electrons. The van der Waals surface area contributed by atoms with Gasteiger partial charge in [-0.15, -0.1) is 0 Å². The van der Waals surface area contributed by atoms with Gasteiger partial charge in [-0.3, -0.25) is 4.98 Å². The Morgan fingerprint density at radius 2 is 2.00 bits per heavy atom. The SMILES string of the molecule is C1=c2cnc3c(c2CCC1)C=c1ccccc1=3. The van der Waals surface area contributed by atoms with Crippen LogP contribution in [0.4, 0.5) is 0 Å². The molecule has 2 aliphatic carbocycles. The summed E-state index contributed by atoms with van der Waals surface area (Å²) < 4.78 is 0. The lowest BCUT2D eigenvalue weighted by Gasteiger charge is -2.10. The maximum Gasteiger partial charge on any atom is 0.0783 e. The first-order valence-electron chi connectivity index (χ1n) is 6.23. The third-order valence-electron chi connectivity index (χ3n) is 3.77. The summed E-state index contributed by atoms with van der Waals surface area (Å²) in [5.41, 5.74) is 2.86. The van der Waals surface area contributed by atoms with E-state index in [1.165, 1.54) is 51.4 Å². The van der Waals surface area contributed by atoms with Crippen LogP contribution in [-0.2, 0) is 6.42 Å². The summed E-state index contributed by atoms with van der Waals surface area (Å²) in [5.74, 6) is 0. The number of rotatable bonds is 0. The van der Waals surface area contributed by atoms with Gasteiger partial charge in [-0.05, 0) is 41.3 Å². The largest absolute Gasteiger partial charge is 0.255 e. The normalized spacial score (nSPS) is 15.3. The van der Waals surface area contributed by atoms with E-state index in [1.807, 2.05) is 6.20 Å². The van der Waals surface area contributed by atoms with E-state index < -0.39 is 0 Å². The van der Waals surface area contributed by atoms with Crippen molar-refractivity contribution in [3.8, 4) is 0 Å². The Labute approximate surface area is 99.5 Å². The van der Waals surface area contributed by atoms with Crippen molar-refractivity contribution in [3.63, 3.8) is 0 Å². The van der Waals surface area contributed by atoms with Crippen molar-refractivity contribution < 1.29 is 0 Å². The van der Waals surface area contributed by atoms with Gasteiger partial charge in [0.15, 0.2) is 0 Å². The second-order valence-corrected chi connectivity index (χ2v) is 4.78. The first-order valence-corrected chi connectivity index (χ1v) is 6.23. The predicted molar refractivity (Wildman–Crippen MR) is 68.6 cm³/mol. The monoisotopic (exact) mass is 219 g/mol. The van der Waals surface area contributed by atoms with E-state index in [1.54, 1.807) is 0 Å². The van der Waals surface area contributed by atoms with E-state index in [4.69, 9.17) is 0 Å². The molecule has 0 N–H and O–H groups in total. The van der Waals surface area contributed by atoms with Gasteiger partial charge in [-0.1, -0.05) is 30.3 Å². The van der Waals surface area contributed by atoms with Gasteiger partial charge >= 0.3 is 0 Å². The molecule has 0 saturated heterocycles. The minimum atomic E-state index is 1.18. The zero-order valence-electron chi connectivity index (χ0n) is 9.61. The Morgan fingerprint density at radius 3 is 3.00 bits per heavy atom. The van der Waals surface area contributed by atoms with Gasteiger partial charge in [0.1, 0.15) is 0 Å². The molecular formula is C16H13N. The molecule has 1 heteroatoms. The second-order valence-electron chi connectivity index (χ2n) is 4.78. The Hall–Kier alpha value is -1.89. The molecular weight excluding hydrogens is 206 g/mol. The Kier molecular flexibility index (Phi) is 1.78. The van der Waals surface area contributed by atoms with E-state index in [9.17, 15) is 0 Å². The second kappa shape index (κ2) is 3.30. The lowest BCUT2D eigenvalue weighted by atomic mass is 9.96. The van der Waals surface area contributed by atoms with Crippen LogP contribution in [-0.4, -0.2) is 4.98 Å².